The predicted molar refractivity (Wildman–Crippen MR) is 82.8 cm³/mol. The maximum atomic E-state index is 10.3. The van der Waals surface area contributed by atoms with E-state index >= 15 is 0 Å². The van der Waals surface area contributed by atoms with Crippen molar-refractivity contribution in [1.29, 1.82) is 0 Å². The number of para-hydroxylation sites is 2. The van der Waals surface area contributed by atoms with Crippen LogP contribution >= 0.6 is 0 Å². The molecule has 4 heteroatoms. The molecule has 2 N–H and O–H groups in total. The average Bonchev–Trinajstić information content (AvgIpc) is 2.46. The van der Waals surface area contributed by atoms with Crippen LogP contribution in [0, 0.1) is 0 Å². The number of rotatable bonds is 12. The Morgan fingerprint density at radius 3 is 2.10 bits per heavy atom. The Morgan fingerprint density at radius 1 is 0.905 bits per heavy atom. The van der Waals surface area contributed by atoms with Gasteiger partial charge in [-0.25, -0.2) is 0 Å². The number of phenols is 1. The molecule has 1 aromatic rings. The topological polar surface area (TPSA) is 66.8 Å². The van der Waals surface area contributed by atoms with E-state index in [1.165, 1.54) is 19.3 Å². The fourth-order valence-electron chi connectivity index (χ4n) is 2.20. The molecule has 0 saturated carbocycles. The van der Waals surface area contributed by atoms with Gasteiger partial charge < -0.3 is 14.9 Å². The number of carboxylic acid groups (broad SMARTS) is 1. The molecular formula is C17H26O4. The summed E-state index contributed by atoms with van der Waals surface area (Å²) >= 11 is 0. The first-order valence-corrected chi connectivity index (χ1v) is 7.83. The van der Waals surface area contributed by atoms with Gasteiger partial charge in [-0.15, -0.1) is 0 Å². The fraction of sp³-hybridized carbons (Fsp3) is 0.588. The minimum Gasteiger partial charge on any atom is -0.504 e. The summed E-state index contributed by atoms with van der Waals surface area (Å²) in [7, 11) is 0. The Hall–Kier alpha value is -1.71. The van der Waals surface area contributed by atoms with Crippen LogP contribution in [0.1, 0.15) is 57.8 Å². The van der Waals surface area contributed by atoms with Crippen LogP contribution in [0.15, 0.2) is 24.3 Å². The molecule has 0 aromatic heterocycles. The Morgan fingerprint density at radius 2 is 1.48 bits per heavy atom. The van der Waals surface area contributed by atoms with Crippen molar-refractivity contribution >= 4 is 5.97 Å². The van der Waals surface area contributed by atoms with Crippen molar-refractivity contribution < 1.29 is 19.7 Å². The number of carboxylic acids is 1. The lowest BCUT2D eigenvalue weighted by Gasteiger charge is -2.07. The monoisotopic (exact) mass is 294 g/mol. The molecule has 0 atom stereocenters. The minimum atomic E-state index is -0.695. The van der Waals surface area contributed by atoms with Crippen molar-refractivity contribution in [3.05, 3.63) is 24.3 Å². The molecule has 1 aromatic carbocycles. The second-order valence-electron chi connectivity index (χ2n) is 5.29. The maximum Gasteiger partial charge on any atom is 0.303 e. The Labute approximate surface area is 126 Å². The molecule has 0 spiro atoms. The Kier molecular flexibility index (Phi) is 9.09. The number of hydrogen-bond acceptors (Lipinski definition) is 3. The third kappa shape index (κ3) is 8.95. The lowest BCUT2D eigenvalue weighted by molar-refractivity contribution is -0.137. The normalized spacial score (nSPS) is 10.5. The molecule has 0 saturated heterocycles. The van der Waals surface area contributed by atoms with Crippen LogP contribution in [-0.4, -0.2) is 22.8 Å². The van der Waals surface area contributed by atoms with Crippen LogP contribution in [0.4, 0.5) is 0 Å². The summed E-state index contributed by atoms with van der Waals surface area (Å²) in [5.41, 5.74) is 0. The molecule has 0 unspecified atom stereocenters. The fourth-order valence-corrected chi connectivity index (χ4v) is 2.20. The number of ether oxygens (including phenoxy) is 1. The third-order valence-corrected chi connectivity index (χ3v) is 3.41. The molecule has 0 aliphatic rings. The molecule has 0 bridgehead atoms. The Balaban J connectivity index is 1.87. The van der Waals surface area contributed by atoms with Crippen molar-refractivity contribution in [3.8, 4) is 11.5 Å². The van der Waals surface area contributed by atoms with Crippen molar-refractivity contribution in [3.63, 3.8) is 0 Å². The van der Waals surface area contributed by atoms with Crippen LogP contribution in [-0.2, 0) is 4.79 Å². The number of carbonyl (C=O) groups is 1. The van der Waals surface area contributed by atoms with Crippen LogP contribution in [0.2, 0.25) is 0 Å². The lowest BCUT2D eigenvalue weighted by Crippen LogP contribution is -1.97. The van der Waals surface area contributed by atoms with Gasteiger partial charge in [-0.3, -0.25) is 4.79 Å². The number of benzene rings is 1. The molecular weight excluding hydrogens is 268 g/mol. The summed E-state index contributed by atoms with van der Waals surface area (Å²) in [4.78, 5) is 10.3. The lowest BCUT2D eigenvalue weighted by atomic mass is 10.1. The first-order chi connectivity index (χ1) is 10.2. The van der Waals surface area contributed by atoms with Gasteiger partial charge in [0.15, 0.2) is 11.5 Å². The molecule has 0 fully saturated rings. The van der Waals surface area contributed by atoms with E-state index in [9.17, 15) is 9.90 Å². The summed E-state index contributed by atoms with van der Waals surface area (Å²) in [5.74, 6) is 0.0502. The largest absolute Gasteiger partial charge is 0.504 e. The van der Waals surface area contributed by atoms with E-state index in [1.807, 2.05) is 6.07 Å². The van der Waals surface area contributed by atoms with Crippen molar-refractivity contribution in [1.82, 2.24) is 0 Å². The SMILES string of the molecule is O=C(O)CCCCCCCCCCOc1ccccc1O. The van der Waals surface area contributed by atoms with E-state index in [0.29, 0.717) is 18.8 Å². The molecule has 0 aliphatic heterocycles. The quantitative estimate of drug-likeness (QED) is 0.562. The molecule has 0 amide bonds. The van der Waals surface area contributed by atoms with Crippen LogP contribution in [0.3, 0.4) is 0 Å². The van der Waals surface area contributed by atoms with E-state index in [-0.39, 0.29) is 5.75 Å². The standard InChI is InChI=1S/C17H26O4/c18-15-11-8-9-12-16(15)21-14-10-6-4-2-1-3-5-7-13-17(19)20/h8-9,11-12,18H,1-7,10,13-14H2,(H,19,20). The molecule has 0 heterocycles. The van der Waals surface area contributed by atoms with Gasteiger partial charge in [0.1, 0.15) is 0 Å². The van der Waals surface area contributed by atoms with Crippen molar-refractivity contribution in [2.45, 2.75) is 57.8 Å². The van der Waals surface area contributed by atoms with Gasteiger partial charge in [0.05, 0.1) is 6.61 Å². The zero-order valence-corrected chi connectivity index (χ0v) is 12.6. The van der Waals surface area contributed by atoms with Crippen LogP contribution in [0.5, 0.6) is 11.5 Å². The molecule has 4 nitrogen and oxygen atoms in total. The van der Waals surface area contributed by atoms with Gasteiger partial charge in [0.2, 0.25) is 0 Å². The van der Waals surface area contributed by atoms with Gasteiger partial charge in [-0.1, -0.05) is 50.7 Å². The summed E-state index contributed by atoms with van der Waals surface area (Å²) in [6.07, 6.45) is 8.92. The number of unbranched alkanes of at least 4 members (excludes halogenated alkanes) is 7. The molecule has 0 radical (unpaired) electrons. The van der Waals surface area contributed by atoms with Gasteiger partial charge in [0.25, 0.3) is 0 Å². The first kappa shape index (κ1) is 17.3. The minimum absolute atomic E-state index is 0.193. The van der Waals surface area contributed by atoms with Crippen molar-refractivity contribution in [2.24, 2.45) is 0 Å². The molecule has 0 aliphatic carbocycles. The zero-order valence-electron chi connectivity index (χ0n) is 12.6. The van der Waals surface area contributed by atoms with Gasteiger partial charge in [-0.05, 0) is 25.0 Å². The summed E-state index contributed by atoms with van der Waals surface area (Å²) in [6.45, 7) is 0.635. The van der Waals surface area contributed by atoms with Gasteiger partial charge in [0, 0.05) is 6.42 Å². The smallest absolute Gasteiger partial charge is 0.303 e. The predicted octanol–water partition coefficient (Wildman–Crippen LogP) is 4.37. The first-order valence-electron chi connectivity index (χ1n) is 7.83. The average molecular weight is 294 g/mol. The van der Waals surface area contributed by atoms with E-state index in [2.05, 4.69) is 0 Å². The van der Waals surface area contributed by atoms with Gasteiger partial charge in [-0.2, -0.15) is 0 Å². The summed E-state index contributed by atoms with van der Waals surface area (Å²) in [6, 6.07) is 7.02. The zero-order chi connectivity index (χ0) is 15.3. The van der Waals surface area contributed by atoms with Gasteiger partial charge >= 0.3 is 5.97 Å². The summed E-state index contributed by atoms with van der Waals surface area (Å²) in [5, 5.41) is 18.0. The second kappa shape index (κ2) is 11.0. The van der Waals surface area contributed by atoms with Crippen LogP contribution < -0.4 is 4.74 Å². The highest BCUT2D eigenvalue weighted by molar-refractivity contribution is 5.66. The maximum absolute atomic E-state index is 10.3. The number of aromatic hydroxyl groups is 1. The third-order valence-electron chi connectivity index (χ3n) is 3.41. The second-order valence-corrected chi connectivity index (χ2v) is 5.29. The molecule has 21 heavy (non-hydrogen) atoms. The van der Waals surface area contributed by atoms with E-state index in [1.54, 1.807) is 18.2 Å². The summed E-state index contributed by atoms with van der Waals surface area (Å²) < 4.78 is 5.51. The van der Waals surface area contributed by atoms with E-state index in [4.69, 9.17) is 9.84 Å². The highest BCUT2D eigenvalue weighted by atomic mass is 16.5. The highest BCUT2D eigenvalue weighted by Gasteiger charge is 2.00. The Bertz CT molecular complexity index is 404. The molecule has 118 valence electrons. The number of aliphatic carboxylic acids is 1. The van der Waals surface area contributed by atoms with Crippen molar-refractivity contribution in [2.75, 3.05) is 6.61 Å². The number of hydrogen-bond donors (Lipinski definition) is 2. The molecule has 1 rings (SSSR count). The van der Waals surface area contributed by atoms with Crippen LogP contribution in [0.25, 0.3) is 0 Å². The number of phenolic OH excluding ortho intramolecular Hbond substituents is 1. The van der Waals surface area contributed by atoms with E-state index < -0.39 is 5.97 Å². The van der Waals surface area contributed by atoms with E-state index in [0.717, 1.165) is 32.1 Å². The highest BCUT2D eigenvalue weighted by Crippen LogP contribution is 2.24.